The molecule has 0 aromatic rings. The van der Waals surface area contributed by atoms with Crippen LogP contribution in [0.4, 0.5) is 0 Å². The van der Waals surface area contributed by atoms with E-state index in [9.17, 15) is 9.59 Å². The third-order valence-electron chi connectivity index (χ3n) is 8.85. The van der Waals surface area contributed by atoms with Crippen molar-refractivity contribution in [3.8, 4) is 0 Å². The van der Waals surface area contributed by atoms with Crippen LogP contribution in [0.2, 0.25) is 22.3 Å². The van der Waals surface area contributed by atoms with Gasteiger partial charge >= 0.3 is 176 Å². The number of hydrogen-bond acceptors (Lipinski definition) is 4. The first-order valence-electron chi connectivity index (χ1n) is 20.4. The zero-order valence-corrected chi connectivity index (χ0v) is 34.3. The molecule has 0 saturated carbocycles. The number of unbranched alkanes of at least 4 members (excludes halogenated alkanes) is 22. The van der Waals surface area contributed by atoms with Crippen molar-refractivity contribution in [1.82, 2.24) is 0 Å². The van der Waals surface area contributed by atoms with Crippen molar-refractivity contribution < 1.29 is 19.1 Å². The van der Waals surface area contributed by atoms with Crippen LogP contribution < -0.4 is 0 Å². The fourth-order valence-electron chi connectivity index (χ4n) is 6.00. The first kappa shape index (κ1) is 46.0. The van der Waals surface area contributed by atoms with Gasteiger partial charge in [0, 0.05) is 0 Å². The van der Waals surface area contributed by atoms with Crippen LogP contribution >= 0.6 is 0 Å². The van der Waals surface area contributed by atoms with Crippen LogP contribution in [0.15, 0.2) is 24.3 Å². The summed E-state index contributed by atoms with van der Waals surface area (Å²) in [4.78, 5) is 25.0. The van der Waals surface area contributed by atoms with Crippen molar-refractivity contribution in [1.29, 1.82) is 0 Å². The molecule has 0 spiro atoms. The molecule has 0 heterocycles. The molecule has 0 saturated heterocycles. The van der Waals surface area contributed by atoms with E-state index in [-0.39, 0.29) is 24.6 Å². The van der Waals surface area contributed by atoms with E-state index < -0.39 is 13.6 Å². The van der Waals surface area contributed by atoms with Gasteiger partial charge in [-0.2, -0.15) is 0 Å². The predicted octanol–water partition coefficient (Wildman–Crippen LogP) is 13.6. The molecule has 1 atom stereocenters. The van der Waals surface area contributed by atoms with E-state index in [1.807, 2.05) is 0 Å². The molecule has 0 fully saturated rings. The molecule has 0 N–H and O–H groups in total. The summed E-state index contributed by atoms with van der Waals surface area (Å²) >= 11 is -1.99. The van der Waals surface area contributed by atoms with Gasteiger partial charge in [-0.15, -0.1) is 0 Å². The van der Waals surface area contributed by atoms with E-state index in [0.717, 1.165) is 30.9 Å². The van der Waals surface area contributed by atoms with Crippen LogP contribution in [0.3, 0.4) is 0 Å². The minimum Gasteiger partial charge on any atom is -0.0885 e. The third-order valence-corrected chi connectivity index (χ3v) is 12.4. The first-order valence-corrected chi connectivity index (χ1v) is 28.2. The van der Waals surface area contributed by atoms with Gasteiger partial charge in [0.2, 0.25) is 0 Å². The van der Waals surface area contributed by atoms with Crippen LogP contribution in [0.1, 0.15) is 194 Å². The van der Waals surface area contributed by atoms with Gasteiger partial charge in [0.25, 0.3) is 0 Å². The Morgan fingerprint density at radius 3 is 1.21 bits per heavy atom. The summed E-state index contributed by atoms with van der Waals surface area (Å²) in [5.41, 5.74) is 6.95. The van der Waals surface area contributed by atoms with Crippen molar-refractivity contribution in [2.45, 2.75) is 222 Å². The Hall–Kier alpha value is -1.02. The van der Waals surface area contributed by atoms with Crippen molar-refractivity contribution in [2.75, 3.05) is 6.61 Å². The molecule has 0 bridgehead atoms. The van der Waals surface area contributed by atoms with Crippen LogP contribution in [-0.2, 0) is 19.1 Å². The van der Waals surface area contributed by atoms with Gasteiger partial charge in [-0.25, -0.2) is 0 Å². The fourth-order valence-corrected chi connectivity index (χ4v) is 9.29. The van der Waals surface area contributed by atoms with Crippen molar-refractivity contribution in [2.24, 2.45) is 0 Å². The third kappa shape index (κ3) is 37.6. The van der Waals surface area contributed by atoms with Gasteiger partial charge in [0.05, 0.1) is 0 Å². The monoisotopic (exact) mass is 725 g/mol. The molecule has 5 heteroatoms. The summed E-state index contributed by atoms with van der Waals surface area (Å²) in [6, 6.07) is 0. The molecular formula is C42H81AsO4. The van der Waals surface area contributed by atoms with Gasteiger partial charge < -0.3 is 0 Å². The van der Waals surface area contributed by atoms with Crippen LogP contribution in [0, 0.1) is 0 Å². The summed E-state index contributed by atoms with van der Waals surface area (Å²) in [5, 5.41) is 0.874. The van der Waals surface area contributed by atoms with Crippen molar-refractivity contribution in [3.63, 3.8) is 0 Å². The molecule has 4 nitrogen and oxygen atoms in total. The van der Waals surface area contributed by atoms with Gasteiger partial charge in [-0.05, 0) is 25.7 Å². The molecular weight excluding hydrogens is 643 g/mol. The molecule has 0 amide bonds. The summed E-state index contributed by atoms with van der Waals surface area (Å²) in [7, 11) is 0. The number of hydrogen-bond donors (Lipinski definition) is 0. The smallest absolute Gasteiger partial charge is 0.0885 e. The minimum absolute atomic E-state index is 0.132. The molecule has 1 unspecified atom stereocenters. The quantitative estimate of drug-likeness (QED) is 0.0283. The van der Waals surface area contributed by atoms with E-state index in [1.165, 1.54) is 141 Å². The molecule has 0 aliphatic heterocycles. The van der Waals surface area contributed by atoms with E-state index in [4.69, 9.17) is 9.47 Å². The number of ether oxygens (including phenoxy) is 2. The summed E-state index contributed by atoms with van der Waals surface area (Å²) < 4.78 is 11.4. The second kappa shape index (κ2) is 34.8. The van der Waals surface area contributed by atoms with Gasteiger partial charge in [-0.1, -0.05) is 96.3 Å². The van der Waals surface area contributed by atoms with Crippen molar-refractivity contribution in [3.05, 3.63) is 24.3 Å². The fraction of sp³-hybridized carbons (Fsp3) is 0.857. The predicted molar refractivity (Wildman–Crippen MR) is 209 cm³/mol. The number of carbonyl (C=O) groups is 2. The zero-order valence-electron chi connectivity index (χ0n) is 32.2. The Labute approximate surface area is 296 Å². The van der Waals surface area contributed by atoms with Crippen LogP contribution in [0.5, 0.6) is 0 Å². The molecule has 278 valence electrons. The topological polar surface area (TPSA) is 52.6 Å². The number of carbonyl (C=O) groups excluding carboxylic acids is 2. The minimum atomic E-state index is -1.99. The Morgan fingerprint density at radius 2 is 0.830 bits per heavy atom. The van der Waals surface area contributed by atoms with E-state index >= 15 is 0 Å². The van der Waals surface area contributed by atoms with Crippen LogP contribution in [-0.4, -0.2) is 38.2 Å². The number of allylic oxidation sites excluding steroid dienone is 4. The second-order valence-electron chi connectivity index (χ2n) is 15.2. The average molecular weight is 725 g/mol. The maximum absolute atomic E-state index is 12.6. The van der Waals surface area contributed by atoms with Crippen molar-refractivity contribution >= 4 is 25.5 Å². The molecule has 47 heavy (non-hydrogen) atoms. The average Bonchev–Trinajstić information content (AvgIpc) is 3.03. The Bertz CT molecular complexity index is 754. The SMILES string of the molecule is CCCCCCCC/C=C\CCCCCCCC(=O)OCC(C[AsH](C)(C)C)OC(=O)CCCCCCC/C=C\CCCCCCCC. The standard InChI is InChI=1S/C42H81AsO4/c1-6-8-10-12-14-16-18-20-22-24-26-28-30-32-34-36-41(44)46-39-40(38-43(3,4)5)47-42(45)37-35-33-31-29-27-25-23-21-19-17-15-13-11-9-7-2/h20-23,40,43H,6-19,24-39H2,1-5H3/b22-20-,23-21-. The maximum atomic E-state index is 12.6. The molecule has 0 rings (SSSR count). The summed E-state index contributed by atoms with van der Waals surface area (Å²) in [6.07, 6.45) is 42.4. The number of rotatable bonds is 35. The summed E-state index contributed by atoms with van der Waals surface area (Å²) in [6.45, 7) is 4.75. The first-order chi connectivity index (χ1) is 22.8. The zero-order chi connectivity index (χ0) is 34.7. The molecule has 0 aromatic carbocycles. The molecule has 0 aliphatic carbocycles. The van der Waals surface area contributed by atoms with E-state index in [1.54, 1.807) is 0 Å². The van der Waals surface area contributed by atoms with Gasteiger partial charge in [0.1, 0.15) is 0 Å². The summed E-state index contributed by atoms with van der Waals surface area (Å²) in [5.74, 6) is -0.282. The Kier molecular flexibility index (Phi) is 34.1. The Morgan fingerprint density at radius 1 is 0.489 bits per heavy atom. The normalized spacial score (nSPS) is 13.0. The molecule has 0 aliphatic rings. The van der Waals surface area contributed by atoms with Crippen LogP contribution in [0.25, 0.3) is 0 Å². The van der Waals surface area contributed by atoms with Gasteiger partial charge in [0.15, 0.2) is 0 Å². The van der Waals surface area contributed by atoms with E-state index in [2.05, 4.69) is 55.3 Å². The Balaban J connectivity index is 3.89. The molecule has 0 aromatic heterocycles. The van der Waals surface area contributed by atoms with Gasteiger partial charge in [-0.3, -0.25) is 0 Å². The number of esters is 2. The van der Waals surface area contributed by atoms with E-state index in [0.29, 0.717) is 12.8 Å². The molecule has 0 radical (unpaired) electrons. The second-order valence-corrected chi connectivity index (χ2v) is 26.8.